The molecular weight excluding hydrogens is 290 g/mol. The number of benzene rings is 1. The highest BCUT2D eigenvalue weighted by molar-refractivity contribution is 5.67. The third kappa shape index (κ3) is 2.20. The first-order valence-corrected chi connectivity index (χ1v) is 7.78. The molecule has 4 rings (SSSR count). The summed E-state index contributed by atoms with van der Waals surface area (Å²) in [7, 11) is 0. The maximum absolute atomic E-state index is 11.2. The molecule has 23 heavy (non-hydrogen) atoms. The fourth-order valence-corrected chi connectivity index (χ4v) is 3.83. The van der Waals surface area contributed by atoms with Gasteiger partial charge in [-0.15, -0.1) is 0 Å². The van der Waals surface area contributed by atoms with Gasteiger partial charge in [-0.05, 0) is 42.5 Å². The molecule has 116 valence electrons. The Hall–Kier alpha value is -2.69. The molecule has 1 aliphatic carbocycles. The van der Waals surface area contributed by atoms with E-state index in [1.54, 1.807) is 12.1 Å². The van der Waals surface area contributed by atoms with Gasteiger partial charge in [0.2, 0.25) is 0 Å². The lowest BCUT2D eigenvalue weighted by molar-refractivity contribution is -0.385. The van der Waals surface area contributed by atoms with Crippen molar-refractivity contribution in [3.63, 3.8) is 0 Å². The molecule has 1 aromatic heterocycles. The summed E-state index contributed by atoms with van der Waals surface area (Å²) in [6.07, 6.45) is 7.13. The molecule has 3 atom stereocenters. The van der Waals surface area contributed by atoms with Crippen molar-refractivity contribution in [1.82, 2.24) is 4.98 Å². The highest BCUT2D eigenvalue weighted by Gasteiger charge is 2.39. The summed E-state index contributed by atoms with van der Waals surface area (Å²) in [6.45, 7) is 1.92. The predicted octanol–water partition coefficient (Wildman–Crippen LogP) is 4.12. The minimum absolute atomic E-state index is 0.129. The number of aryl methyl sites for hydroxylation is 1. The van der Waals surface area contributed by atoms with E-state index >= 15 is 0 Å². The molecule has 0 bridgehead atoms. The zero-order chi connectivity index (χ0) is 16.0. The lowest BCUT2D eigenvalue weighted by atomic mass is 9.77. The van der Waals surface area contributed by atoms with Gasteiger partial charge >= 0.3 is 0 Å². The molecule has 0 fully saturated rings. The van der Waals surface area contributed by atoms with Gasteiger partial charge in [0.05, 0.1) is 16.7 Å². The second-order valence-electron chi connectivity index (χ2n) is 6.21. The molecule has 2 unspecified atom stereocenters. The van der Waals surface area contributed by atoms with Crippen molar-refractivity contribution in [3.05, 3.63) is 75.6 Å². The molecule has 1 aliphatic heterocycles. The Bertz CT molecular complexity index is 801. The smallest absolute Gasteiger partial charge is 0.270 e. The van der Waals surface area contributed by atoms with Crippen LogP contribution in [0, 0.1) is 23.0 Å². The number of allylic oxidation sites excluding steroid dienone is 2. The van der Waals surface area contributed by atoms with Crippen LogP contribution in [0.3, 0.4) is 0 Å². The summed E-state index contributed by atoms with van der Waals surface area (Å²) in [4.78, 5) is 15.4. The largest absolute Gasteiger partial charge is 0.376 e. The van der Waals surface area contributed by atoms with E-state index in [0.29, 0.717) is 5.92 Å². The zero-order valence-electron chi connectivity index (χ0n) is 12.8. The second kappa shape index (κ2) is 5.19. The van der Waals surface area contributed by atoms with Gasteiger partial charge in [0.1, 0.15) is 0 Å². The van der Waals surface area contributed by atoms with Gasteiger partial charge in [-0.25, -0.2) is 0 Å². The van der Waals surface area contributed by atoms with Crippen molar-refractivity contribution in [1.29, 1.82) is 0 Å². The van der Waals surface area contributed by atoms with E-state index in [0.717, 1.165) is 28.9 Å². The number of non-ortho nitro benzene ring substituents is 1. The Morgan fingerprint density at radius 1 is 1.35 bits per heavy atom. The number of nitrogens with one attached hydrogen (secondary N) is 1. The molecule has 2 aromatic rings. The van der Waals surface area contributed by atoms with Crippen LogP contribution in [0.4, 0.5) is 11.4 Å². The summed E-state index contributed by atoms with van der Waals surface area (Å²) in [5.74, 6) is 0.552. The van der Waals surface area contributed by atoms with Crippen LogP contribution in [0.1, 0.15) is 35.2 Å². The molecule has 2 aliphatic rings. The van der Waals surface area contributed by atoms with Gasteiger partial charge < -0.3 is 5.32 Å². The highest BCUT2D eigenvalue weighted by atomic mass is 16.6. The van der Waals surface area contributed by atoms with E-state index in [2.05, 4.69) is 22.5 Å². The minimum atomic E-state index is -0.314. The average Bonchev–Trinajstić information content (AvgIpc) is 3.04. The van der Waals surface area contributed by atoms with E-state index < -0.39 is 0 Å². The zero-order valence-corrected chi connectivity index (χ0v) is 12.8. The summed E-state index contributed by atoms with van der Waals surface area (Å²) >= 11 is 0. The van der Waals surface area contributed by atoms with Crippen LogP contribution in [0.15, 0.2) is 48.7 Å². The van der Waals surface area contributed by atoms with Crippen molar-refractivity contribution in [2.75, 3.05) is 5.32 Å². The van der Waals surface area contributed by atoms with Gasteiger partial charge in [-0.1, -0.05) is 18.2 Å². The minimum Gasteiger partial charge on any atom is -0.376 e. The first kappa shape index (κ1) is 13.9. The van der Waals surface area contributed by atoms with Crippen molar-refractivity contribution in [3.8, 4) is 0 Å². The topological polar surface area (TPSA) is 68.1 Å². The summed E-state index contributed by atoms with van der Waals surface area (Å²) in [6, 6.07) is 9.44. The van der Waals surface area contributed by atoms with Crippen LogP contribution < -0.4 is 5.32 Å². The third-order valence-electron chi connectivity index (χ3n) is 4.87. The fourth-order valence-electron chi connectivity index (χ4n) is 3.83. The average molecular weight is 307 g/mol. The maximum Gasteiger partial charge on any atom is 0.270 e. The monoisotopic (exact) mass is 307 g/mol. The van der Waals surface area contributed by atoms with Gasteiger partial charge in [-0.2, -0.15) is 0 Å². The van der Waals surface area contributed by atoms with Crippen LogP contribution in [0.5, 0.6) is 0 Å². The number of nitro groups is 1. The highest BCUT2D eigenvalue weighted by Crippen LogP contribution is 2.51. The summed E-state index contributed by atoms with van der Waals surface area (Å²) in [5.41, 5.74) is 4.14. The lowest BCUT2D eigenvalue weighted by Crippen LogP contribution is -2.30. The number of aromatic nitrogens is 1. The lowest BCUT2D eigenvalue weighted by Gasteiger charge is -2.37. The number of pyridine rings is 1. The Morgan fingerprint density at radius 2 is 2.22 bits per heavy atom. The molecule has 0 amide bonds. The standard InChI is InChI=1S/C18H17N3O2/c1-11-9-12(21(22)23)10-15-13-5-4-6-14(13)18(20-17(11)15)16-7-2-3-8-19-16/h2-5,7-10,13-14,18,20H,6H2,1H3/t13?,14?,18-/m1/s1. The van der Waals surface area contributed by atoms with Gasteiger partial charge in [0.25, 0.3) is 5.69 Å². The molecule has 5 nitrogen and oxygen atoms in total. The van der Waals surface area contributed by atoms with Crippen LogP contribution >= 0.6 is 0 Å². The predicted molar refractivity (Wildman–Crippen MR) is 88.4 cm³/mol. The fraction of sp³-hybridized carbons (Fsp3) is 0.278. The third-order valence-corrected chi connectivity index (χ3v) is 4.87. The van der Waals surface area contributed by atoms with Crippen LogP contribution in [0.2, 0.25) is 0 Å². The number of nitrogens with zero attached hydrogens (tertiary/aromatic N) is 2. The molecule has 1 N–H and O–H groups in total. The van der Waals surface area contributed by atoms with Crippen LogP contribution in [-0.2, 0) is 0 Å². The Kier molecular flexibility index (Phi) is 3.15. The van der Waals surface area contributed by atoms with Crippen LogP contribution in [-0.4, -0.2) is 9.91 Å². The number of hydrogen-bond acceptors (Lipinski definition) is 4. The molecule has 0 saturated carbocycles. The van der Waals surface area contributed by atoms with E-state index in [4.69, 9.17) is 0 Å². The number of anilines is 1. The van der Waals surface area contributed by atoms with Crippen molar-refractivity contribution < 1.29 is 4.92 Å². The number of nitro benzene ring substituents is 1. The number of rotatable bonds is 2. The Morgan fingerprint density at radius 3 is 2.96 bits per heavy atom. The molecule has 2 heterocycles. The first-order valence-electron chi connectivity index (χ1n) is 7.78. The number of hydrogen-bond donors (Lipinski definition) is 1. The summed E-state index contributed by atoms with van der Waals surface area (Å²) in [5, 5.41) is 14.8. The Labute approximate surface area is 134 Å². The van der Waals surface area contributed by atoms with Gasteiger partial charge in [0.15, 0.2) is 0 Å². The molecule has 0 saturated heterocycles. The van der Waals surface area contributed by atoms with E-state index in [1.807, 2.05) is 31.3 Å². The molecule has 5 heteroatoms. The second-order valence-corrected chi connectivity index (χ2v) is 6.21. The van der Waals surface area contributed by atoms with Crippen molar-refractivity contribution in [2.24, 2.45) is 5.92 Å². The number of fused-ring (bicyclic) bond motifs is 3. The van der Waals surface area contributed by atoms with Gasteiger partial charge in [-0.3, -0.25) is 15.1 Å². The van der Waals surface area contributed by atoms with E-state index in [9.17, 15) is 10.1 Å². The molecule has 0 radical (unpaired) electrons. The molecule has 1 aromatic carbocycles. The molecular formula is C18H17N3O2. The first-order chi connectivity index (χ1) is 11.1. The SMILES string of the molecule is Cc1cc([N+](=O)[O-])cc2c1N[C@@H](c1ccccn1)C1CC=CC21. The van der Waals surface area contributed by atoms with Crippen molar-refractivity contribution in [2.45, 2.75) is 25.3 Å². The maximum atomic E-state index is 11.2. The van der Waals surface area contributed by atoms with Crippen LogP contribution in [0.25, 0.3) is 0 Å². The van der Waals surface area contributed by atoms with E-state index in [1.165, 1.54) is 0 Å². The van der Waals surface area contributed by atoms with Crippen molar-refractivity contribution >= 4 is 11.4 Å². The normalized spacial score (nSPS) is 24.7. The Balaban J connectivity index is 1.84. The molecule has 0 spiro atoms. The van der Waals surface area contributed by atoms with E-state index in [-0.39, 0.29) is 22.6 Å². The quantitative estimate of drug-likeness (QED) is 0.514. The summed E-state index contributed by atoms with van der Waals surface area (Å²) < 4.78 is 0. The van der Waals surface area contributed by atoms with Gasteiger partial charge in [0, 0.05) is 29.9 Å².